The predicted molar refractivity (Wildman–Crippen MR) is 62.7 cm³/mol. The Morgan fingerprint density at radius 3 is 2.69 bits per heavy atom. The quantitative estimate of drug-likeness (QED) is 0.904. The van der Waals surface area contributed by atoms with Gasteiger partial charge in [0.15, 0.2) is 0 Å². The van der Waals surface area contributed by atoms with Crippen molar-refractivity contribution in [2.75, 3.05) is 0 Å². The van der Waals surface area contributed by atoms with Gasteiger partial charge in [0.25, 0.3) is 0 Å². The van der Waals surface area contributed by atoms with Crippen LogP contribution in [0.15, 0.2) is 22.7 Å². The third-order valence-corrected chi connectivity index (χ3v) is 3.02. The monoisotopic (exact) mass is 293 g/mol. The van der Waals surface area contributed by atoms with Crippen molar-refractivity contribution in [3.8, 4) is 5.75 Å². The van der Waals surface area contributed by atoms with Crippen molar-refractivity contribution in [3.05, 3.63) is 28.2 Å². The molecule has 0 spiro atoms. The van der Waals surface area contributed by atoms with E-state index in [4.69, 9.17) is 5.73 Å². The van der Waals surface area contributed by atoms with Crippen LogP contribution in [0.25, 0.3) is 0 Å². The third kappa shape index (κ3) is 4.06. The van der Waals surface area contributed by atoms with E-state index >= 15 is 0 Å². The van der Waals surface area contributed by atoms with Gasteiger partial charge in [0.05, 0.1) is 0 Å². The van der Waals surface area contributed by atoms with E-state index in [0.29, 0.717) is 6.42 Å². The number of ether oxygens (including phenoxy) is 1. The molecule has 1 rings (SSSR count). The number of benzene rings is 1. The number of nitrogens with two attached hydrogens (primary N) is 1. The van der Waals surface area contributed by atoms with Crippen molar-refractivity contribution < 1.29 is 13.5 Å². The Bertz CT molecular complexity index is 347. The fourth-order valence-corrected chi connectivity index (χ4v) is 1.72. The summed E-state index contributed by atoms with van der Waals surface area (Å²) in [4.78, 5) is 0. The first kappa shape index (κ1) is 13.4. The fourth-order valence-electron chi connectivity index (χ4n) is 1.31. The molecular weight excluding hydrogens is 280 g/mol. The van der Waals surface area contributed by atoms with Crippen molar-refractivity contribution in [3.63, 3.8) is 0 Å². The van der Waals surface area contributed by atoms with Gasteiger partial charge >= 0.3 is 6.61 Å². The van der Waals surface area contributed by atoms with Crippen molar-refractivity contribution in [1.82, 2.24) is 0 Å². The lowest BCUT2D eigenvalue weighted by atomic mass is 10.0. The molecular formula is C11H14BrF2NO. The highest BCUT2D eigenvalue weighted by molar-refractivity contribution is 9.10. The fraction of sp³-hybridized carbons (Fsp3) is 0.455. The first-order valence-electron chi connectivity index (χ1n) is 5.01. The van der Waals surface area contributed by atoms with E-state index in [1.54, 1.807) is 12.1 Å². The highest BCUT2D eigenvalue weighted by atomic mass is 79.9. The molecule has 0 aliphatic heterocycles. The summed E-state index contributed by atoms with van der Waals surface area (Å²) in [6.45, 7) is -0.813. The molecule has 1 aromatic rings. The third-order valence-electron chi connectivity index (χ3n) is 2.25. The maximum Gasteiger partial charge on any atom is 0.387 e. The molecule has 90 valence electrons. The van der Waals surface area contributed by atoms with Crippen LogP contribution in [0.2, 0.25) is 0 Å². The maximum atomic E-state index is 12.0. The van der Waals surface area contributed by atoms with Crippen molar-refractivity contribution >= 4 is 15.9 Å². The summed E-state index contributed by atoms with van der Waals surface area (Å²) in [7, 11) is 0. The average Bonchev–Trinajstić information content (AvgIpc) is 2.22. The minimum Gasteiger partial charge on any atom is -0.435 e. The van der Waals surface area contributed by atoms with Gasteiger partial charge in [0.2, 0.25) is 0 Å². The van der Waals surface area contributed by atoms with Gasteiger partial charge in [-0.2, -0.15) is 8.78 Å². The summed E-state index contributed by atoms with van der Waals surface area (Å²) >= 11 is 3.36. The van der Waals surface area contributed by atoms with Gasteiger partial charge in [-0.15, -0.1) is 0 Å². The van der Waals surface area contributed by atoms with Crippen LogP contribution in [-0.2, 0) is 6.42 Å². The van der Waals surface area contributed by atoms with Crippen LogP contribution in [0.1, 0.15) is 18.9 Å². The number of halogens is 3. The molecule has 16 heavy (non-hydrogen) atoms. The van der Waals surface area contributed by atoms with Gasteiger partial charge in [0.1, 0.15) is 5.75 Å². The number of hydrogen-bond acceptors (Lipinski definition) is 2. The molecule has 0 aliphatic rings. The topological polar surface area (TPSA) is 35.2 Å². The molecule has 0 heterocycles. The van der Waals surface area contributed by atoms with Gasteiger partial charge in [-0.25, -0.2) is 0 Å². The minimum absolute atomic E-state index is 0.0260. The van der Waals surface area contributed by atoms with E-state index in [1.165, 1.54) is 6.07 Å². The molecule has 5 heteroatoms. The molecule has 0 amide bonds. The van der Waals surface area contributed by atoms with Gasteiger partial charge < -0.3 is 10.5 Å². The number of hydrogen-bond donors (Lipinski definition) is 1. The van der Waals surface area contributed by atoms with E-state index in [1.807, 2.05) is 6.92 Å². The van der Waals surface area contributed by atoms with Crippen molar-refractivity contribution in [2.45, 2.75) is 32.4 Å². The Labute approximate surface area is 102 Å². The van der Waals surface area contributed by atoms with Crippen LogP contribution in [0.5, 0.6) is 5.75 Å². The van der Waals surface area contributed by atoms with Gasteiger partial charge in [-0.1, -0.05) is 22.9 Å². The zero-order valence-corrected chi connectivity index (χ0v) is 10.5. The molecule has 1 unspecified atom stereocenters. The summed E-state index contributed by atoms with van der Waals surface area (Å²) in [6.07, 6.45) is 1.48. The van der Waals surface area contributed by atoms with E-state index in [9.17, 15) is 8.78 Å². The molecule has 1 atom stereocenters. The summed E-state index contributed by atoms with van der Waals surface area (Å²) in [5, 5.41) is 0. The molecule has 0 saturated carbocycles. The average molecular weight is 294 g/mol. The van der Waals surface area contributed by atoms with Gasteiger partial charge in [-0.05, 0) is 36.6 Å². The van der Waals surface area contributed by atoms with E-state index < -0.39 is 6.61 Å². The Kier molecular flexibility index (Phi) is 5.15. The standard InChI is InChI=1S/C11H14BrF2NO/c1-2-8(15)5-7-6-9(16-11(13)14)3-4-10(7)12/h3-4,6,8,11H,2,5,15H2,1H3. The zero-order valence-electron chi connectivity index (χ0n) is 8.92. The molecule has 2 nitrogen and oxygen atoms in total. The summed E-state index contributed by atoms with van der Waals surface area (Å²) < 4.78 is 29.2. The van der Waals surface area contributed by atoms with E-state index in [0.717, 1.165) is 16.5 Å². The lowest BCUT2D eigenvalue weighted by molar-refractivity contribution is -0.0498. The van der Waals surface area contributed by atoms with Crippen LogP contribution in [0.3, 0.4) is 0 Å². The zero-order chi connectivity index (χ0) is 12.1. The summed E-state index contributed by atoms with van der Waals surface area (Å²) in [6, 6.07) is 4.80. The second kappa shape index (κ2) is 6.15. The Morgan fingerprint density at radius 2 is 2.12 bits per heavy atom. The summed E-state index contributed by atoms with van der Waals surface area (Å²) in [5.74, 6) is 0.163. The van der Waals surface area contributed by atoms with Crippen molar-refractivity contribution in [2.24, 2.45) is 5.73 Å². The molecule has 2 N–H and O–H groups in total. The smallest absolute Gasteiger partial charge is 0.387 e. The molecule has 0 fully saturated rings. The second-order valence-electron chi connectivity index (χ2n) is 3.50. The molecule has 1 aromatic carbocycles. The van der Waals surface area contributed by atoms with Gasteiger partial charge in [-0.3, -0.25) is 0 Å². The molecule has 0 saturated heterocycles. The second-order valence-corrected chi connectivity index (χ2v) is 4.36. The summed E-state index contributed by atoms with van der Waals surface area (Å²) in [5.41, 5.74) is 6.70. The Balaban J connectivity index is 2.81. The van der Waals surface area contributed by atoms with Crippen LogP contribution in [0, 0.1) is 0 Å². The first-order valence-corrected chi connectivity index (χ1v) is 5.81. The molecule has 0 radical (unpaired) electrons. The number of rotatable bonds is 5. The largest absolute Gasteiger partial charge is 0.435 e. The number of alkyl halides is 2. The molecule has 0 bridgehead atoms. The van der Waals surface area contributed by atoms with Crippen LogP contribution in [-0.4, -0.2) is 12.7 Å². The van der Waals surface area contributed by atoms with Gasteiger partial charge in [0, 0.05) is 10.5 Å². The Morgan fingerprint density at radius 1 is 1.44 bits per heavy atom. The molecule has 0 aliphatic carbocycles. The lowest BCUT2D eigenvalue weighted by Gasteiger charge is -2.12. The highest BCUT2D eigenvalue weighted by Crippen LogP contribution is 2.25. The SMILES string of the molecule is CCC(N)Cc1cc(OC(F)F)ccc1Br. The first-order chi connectivity index (χ1) is 7.52. The molecule has 0 aromatic heterocycles. The van der Waals surface area contributed by atoms with Crippen LogP contribution < -0.4 is 10.5 Å². The van der Waals surface area contributed by atoms with E-state index in [-0.39, 0.29) is 11.8 Å². The van der Waals surface area contributed by atoms with Crippen LogP contribution in [0.4, 0.5) is 8.78 Å². The maximum absolute atomic E-state index is 12.0. The minimum atomic E-state index is -2.80. The Hall–Kier alpha value is -0.680. The predicted octanol–water partition coefficient (Wildman–Crippen LogP) is 3.33. The van der Waals surface area contributed by atoms with Crippen LogP contribution >= 0.6 is 15.9 Å². The normalized spacial score (nSPS) is 12.9. The highest BCUT2D eigenvalue weighted by Gasteiger charge is 2.09. The van der Waals surface area contributed by atoms with Crippen molar-refractivity contribution in [1.29, 1.82) is 0 Å². The van der Waals surface area contributed by atoms with E-state index in [2.05, 4.69) is 20.7 Å². The lowest BCUT2D eigenvalue weighted by Crippen LogP contribution is -2.21.